The average molecular weight is 481 g/mol. The van der Waals surface area contributed by atoms with Crippen LogP contribution in [0.25, 0.3) is 11.3 Å². The summed E-state index contributed by atoms with van der Waals surface area (Å²) in [4.78, 5) is 24.2. The molecule has 2 heterocycles. The lowest BCUT2D eigenvalue weighted by Crippen LogP contribution is -2.29. The zero-order valence-corrected chi connectivity index (χ0v) is 19.5. The Hall–Kier alpha value is -3.69. The van der Waals surface area contributed by atoms with Gasteiger partial charge in [0.25, 0.3) is 5.69 Å². The Balaban J connectivity index is 1.86. The number of nitrogens with zero attached hydrogens (tertiary/aromatic N) is 2. The quantitative estimate of drug-likeness (QED) is 0.361. The maximum Gasteiger partial charge on any atom is 0.269 e. The number of aliphatic hydroxyl groups excluding tert-OH is 1. The second-order valence-corrected chi connectivity index (χ2v) is 8.30. The molecule has 184 valence electrons. The predicted molar refractivity (Wildman–Crippen MR) is 130 cm³/mol. The zero-order valence-electron chi connectivity index (χ0n) is 19.5. The van der Waals surface area contributed by atoms with E-state index in [1.54, 1.807) is 23.6 Å². The SMILES string of the molecule is Cc1c(OC2CCCCO2)n(CCO)c(-c2ccc([N+](=O)[O-])cc2)c(OCc2ccccc2)c1=O. The topological polar surface area (TPSA) is 113 Å². The first-order valence-electron chi connectivity index (χ1n) is 11.6. The van der Waals surface area contributed by atoms with Gasteiger partial charge < -0.3 is 23.9 Å². The molecule has 0 aliphatic carbocycles. The van der Waals surface area contributed by atoms with Crippen LogP contribution in [0.15, 0.2) is 59.4 Å². The molecular formula is C26H28N2O7. The van der Waals surface area contributed by atoms with Crippen molar-refractivity contribution >= 4 is 5.69 Å². The summed E-state index contributed by atoms with van der Waals surface area (Å²) in [5.41, 5.74) is 1.69. The Morgan fingerprint density at radius 3 is 2.51 bits per heavy atom. The molecule has 0 saturated carbocycles. The Morgan fingerprint density at radius 2 is 1.89 bits per heavy atom. The monoisotopic (exact) mass is 480 g/mol. The highest BCUT2D eigenvalue weighted by molar-refractivity contribution is 5.70. The summed E-state index contributed by atoms with van der Waals surface area (Å²) in [5.74, 6) is 0.377. The normalized spacial score (nSPS) is 15.5. The van der Waals surface area contributed by atoms with Crippen LogP contribution in [-0.2, 0) is 17.9 Å². The number of hydrogen-bond donors (Lipinski definition) is 1. The first kappa shape index (κ1) is 24.4. The third-order valence-corrected chi connectivity index (χ3v) is 5.88. The smallest absolute Gasteiger partial charge is 0.269 e. The van der Waals surface area contributed by atoms with Crippen molar-refractivity contribution < 1.29 is 24.2 Å². The largest absolute Gasteiger partial charge is 0.483 e. The number of non-ortho nitro benzene ring substituents is 1. The molecule has 3 aromatic rings. The molecule has 1 unspecified atom stereocenters. The summed E-state index contributed by atoms with van der Waals surface area (Å²) in [6.45, 7) is 2.28. The molecule has 1 saturated heterocycles. The molecule has 1 fully saturated rings. The highest BCUT2D eigenvalue weighted by atomic mass is 16.7. The molecule has 0 radical (unpaired) electrons. The number of aliphatic hydroxyl groups is 1. The summed E-state index contributed by atoms with van der Waals surface area (Å²) in [7, 11) is 0. The van der Waals surface area contributed by atoms with Crippen LogP contribution in [0.1, 0.15) is 30.4 Å². The molecule has 1 aromatic heterocycles. The van der Waals surface area contributed by atoms with Crippen molar-refractivity contribution in [2.75, 3.05) is 13.2 Å². The highest BCUT2D eigenvalue weighted by Crippen LogP contribution is 2.35. The van der Waals surface area contributed by atoms with Gasteiger partial charge in [-0.2, -0.15) is 0 Å². The van der Waals surface area contributed by atoms with E-state index in [9.17, 15) is 20.0 Å². The number of aromatic nitrogens is 1. The molecule has 2 aromatic carbocycles. The van der Waals surface area contributed by atoms with E-state index in [2.05, 4.69) is 0 Å². The molecular weight excluding hydrogens is 452 g/mol. The predicted octanol–water partition coefficient (Wildman–Crippen LogP) is 4.21. The standard InChI is InChI=1S/C26H28N2O7/c1-18-24(30)25(34-17-19-7-3-2-4-8-19)23(20-10-12-21(13-11-20)28(31)32)27(14-15-29)26(18)35-22-9-5-6-16-33-22/h2-4,7-8,10-13,22,29H,5-6,9,14-17H2,1H3. The van der Waals surface area contributed by atoms with Crippen molar-refractivity contribution in [3.63, 3.8) is 0 Å². The van der Waals surface area contributed by atoms with Gasteiger partial charge in [0.05, 0.1) is 29.4 Å². The second-order valence-electron chi connectivity index (χ2n) is 8.30. The zero-order chi connectivity index (χ0) is 24.8. The Labute approximate surface area is 202 Å². The van der Waals surface area contributed by atoms with E-state index in [1.165, 1.54) is 12.1 Å². The van der Waals surface area contributed by atoms with Crippen molar-refractivity contribution in [3.05, 3.63) is 86.1 Å². The maximum atomic E-state index is 13.5. The number of nitro groups is 1. The van der Waals surface area contributed by atoms with E-state index in [-0.39, 0.29) is 42.5 Å². The van der Waals surface area contributed by atoms with Crippen LogP contribution in [0.3, 0.4) is 0 Å². The van der Waals surface area contributed by atoms with Gasteiger partial charge in [0, 0.05) is 30.7 Å². The van der Waals surface area contributed by atoms with Crippen molar-refractivity contribution in [1.29, 1.82) is 0 Å². The van der Waals surface area contributed by atoms with Crippen molar-refractivity contribution in [3.8, 4) is 22.9 Å². The lowest BCUT2D eigenvalue weighted by Gasteiger charge is -2.28. The fraction of sp³-hybridized carbons (Fsp3) is 0.346. The number of benzene rings is 2. The number of hydrogen-bond acceptors (Lipinski definition) is 7. The third-order valence-electron chi connectivity index (χ3n) is 5.88. The third kappa shape index (κ3) is 5.52. The summed E-state index contributed by atoms with van der Waals surface area (Å²) >= 11 is 0. The van der Waals surface area contributed by atoms with Crippen LogP contribution < -0.4 is 14.9 Å². The lowest BCUT2D eigenvalue weighted by molar-refractivity contribution is -0.384. The van der Waals surface area contributed by atoms with Gasteiger partial charge in [0.1, 0.15) is 6.61 Å². The van der Waals surface area contributed by atoms with Crippen LogP contribution in [0, 0.1) is 17.0 Å². The molecule has 1 aliphatic rings. The minimum atomic E-state index is -0.507. The summed E-state index contributed by atoms with van der Waals surface area (Å²) in [6, 6.07) is 15.3. The van der Waals surface area contributed by atoms with Gasteiger partial charge in [-0.25, -0.2) is 0 Å². The van der Waals surface area contributed by atoms with Gasteiger partial charge in [0.2, 0.25) is 17.6 Å². The average Bonchev–Trinajstić information content (AvgIpc) is 2.89. The summed E-state index contributed by atoms with van der Waals surface area (Å²) in [6.07, 6.45) is 2.07. The van der Waals surface area contributed by atoms with Crippen LogP contribution >= 0.6 is 0 Å². The molecule has 1 N–H and O–H groups in total. The molecule has 0 bridgehead atoms. The van der Waals surface area contributed by atoms with Crippen molar-refractivity contribution in [2.24, 2.45) is 0 Å². The van der Waals surface area contributed by atoms with Crippen molar-refractivity contribution in [2.45, 2.75) is 45.6 Å². The van der Waals surface area contributed by atoms with Gasteiger partial charge in [-0.3, -0.25) is 14.9 Å². The van der Waals surface area contributed by atoms with E-state index < -0.39 is 11.2 Å². The second kappa shape index (κ2) is 11.2. The van der Waals surface area contributed by atoms with Gasteiger partial charge in [-0.15, -0.1) is 0 Å². The summed E-state index contributed by atoms with van der Waals surface area (Å²) in [5, 5.41) is 21.1. The number of rotatable bonds is 9. The van der Waals surface area contributed by atoms with Gasteiger partial charge in [-0.05, 0) is 37.5 Å². The van der Waals surface area contributed by atoms with E-state index in [4.69, 9.17) is 14.2 Å². The van der Waals surface area contributed by atoms with E-state index >= 15 is 0 Å². The number of ether oxygens (including phenoxy) is 3. The van der Waals surface area contributed by atoms with E-state index in [0.717, 1.165) is 18.4 Å². The van der Waals surface area contributed by atoms with Gasteiger partial charge in [0.15, 0.2) is 5.75 Å². The maximum absolute atomic E-state index is 13.5. The fourth-order valence-corrected chi connectivity index (χ4v) is 4.09. The van der Waals surface area contributed by atoms with Crippen LogP contribution in [-0.4, -0.2) is 34.1 Å². The summed E-state index contributed by atoms with van der Waals surface area (Å²) < 4.78 is 19.6. The number of nitro benzene ring substituents is 1. The Bertz CT molecular complexity index is 1220. The fourth-order valence-electron chi connectivity index (χ4n) is 4.09. The van der Waals surface area contributed by atoms with Crippen molar-refractivity contribution in [1.82, 2.24) is 4.57 Å². The molecule has 1 aliphatic heterocycles. The van der Waals surface area contributed by atoms with Crippen LogP contribution in [0.2, 0.25) is 0 Å². The molecule has 35 heavy (non-hydrogen) atoms. The minimum absolute atomic E-state index is 0.0734. The first-order valence-corrected chi connectivity index (χ1v) is 11.6. The molecule has 0 amide bonds. The van der Waals surface area contributed by atoms with Gasteiger partial charge >= 0.3 is 0 Å². The lowest BCUT2D eigenvalue weighted by atomic mass is 10.1. The van der Waals surface area contributed by atoms with E-state index in [0.29, 0.717) is 29.8 Å². The Kier molecular flexibility index (Phi) is 7.79. The first-order chi connectivity index (χ1) is 17.0. The molecule has 0 spiro atoms. The molecule has 9 nitrogen and oxygen atoms in total. The van der Waals surface area contributed by atoms with Crippen LogP contribution in [0.4, 0.5) is 5.69 Å². The van der Waals surface area contributed by atoms with Crippen LogP contribution in [0.5, 0.6) is 11.6 Å². The molecule has 4 rings (SSSR count). The minimum Gasteiger partial charge on any atom is -0.483 e. The highest BCUT2D eigenvalue weighted by Gasteiger charge is 2.26. The van der Waals surface area contributed by atoms with Gasteiger partial charge in [-0.1, -0.05) is 30.3 Å². The number of pyridine rings is 1. The molecule has 9 heteroatoms. The Morgan fingerprint density at radius 1 is 1.14 bits per heavy atom. The van der Waals surface area contributed by atoms with E-state index in [1.807, 2.05) is 30.3 Å². The molecule has 1 atom stereocenters.